The van der Waals surface area contributed by atoms with Crippen molar-refractivity contribution in [2.45, 2.75) is 25.7 Å². The highest BCUT2D eigenvalue weighted by Gasteiger charge is 2.19. The SMILES string of the molecule is CN(C)CCCNC(=O)CCN(c1ccc(N2CCCC2)cc1)S(C)(=O)=O. The molecule has 1 amide bonds. The highest BCUT2D eigenvalue weighted by molar-refractivity contribution is 7.92. The van der Waals surface area contributed by atoms with E-state index < -0.39 is 10.0 Å². The van der Waals surface area contributed by atoms with Crippen LogP contribution in [0.2, 0.25) is 0 Å². The number of hydrogen-bond acceptors (Lipinski definition) is 5. The summed E-state index contributed by atoms with van der Waals surface area (Å²) in [6.07, 6.45) is 4.58. The molecule has 1 N–H and O–H groups in total. The Labute approximate surface area is 163 Å². The fraction of sp³-hybridized carbons (Fsp3) is 0.632. The number of hydrogen-bond donors (Lipinski definition) is 1. The molecule has 0 radical (unpaired) electrons. The van der Waals surface area contributed by atoms with Crippen LogP contribution in [0.15, 0.2) is 24.3 Å². The summed E-state index contributed by atoms with van der Waals surface area (Å²) in [4.78, 5) is 16.4. The molecule has 1 saturated heterocycles. The van der Waals surface area contributed by atoms with E-state index in [9.17, 15) is 13.2 Å². The second kappa shape index (κ2) is 9.94. The van der Waals surface area contributed by atoms with Gasteiger partial charge in [-0.25, -0.2) is 8.42 Å². The number of carbonyl (C=O) groups is 1. The first-order valence-corrected chi connectivity index (χ1v) is 11.4. The molecule has 2 rings (SSSR count). The Morgan fingerprint density at radius 1 is 1.11 bits per heavy atom. The minimum absolute atomic E-state index is 0.129. The Morgan fingerprint density at radius 3 is 2.30 bits per heavy atom. The summed E-state index contributed by atoms with van der Waals surface area (Å²) >= 11 is 0. The Kier molecular flexibility index (Phi) is 7.91. The molecule has 1 aromatic rings. The van der Waals surface area contributed by atoms with Gasteiger partial charge in [-0.05, 0) is 64.2 Å². The van der Waals surface area contributed by atoms with Gasteiger partial charge in [-0.2, -0.15) is 0 Å². The first-order chi connectivity index (χ1) is 12.8. The molecule has 1 aliphatic heterocycles. The van der Waals surface area contributed by atoms with Gasteiger partial charge in [0.05, 0.1) is 11.9 Å². The second-order valence-corrected chi connectivity index (χ2v) is 9.21. The van der Waals surface area contributed by atoms with Crippen LogP contribution in [0.1, 0.15) is 25.7 Å². The van der Waals surface area contributed by atoms with Gasteiger partial charge < -0.3 is 15.1 Å². The van der Waals surface area contributed by atoms with E-state index in [0.717, 1.165) is 31.7 Å². The maximum atomic E-state index is 12.2. The van der Waals surface area contributed by atoms with Crippen molar-refractivity contribution in [2.24, 2.45) is 0 Å². The number of nitrogens with zero attached hydrogens (tertiary/aromatic N) is 3. The summed E-state index contributed by atoms with van der Waals surface area (Å²) in [5.41, 5.74) is 1.71. The summed E-state index contributed by atoms with van der Waals surface area (Å²) < 4.78 is 25.7. The molecule has 0 spiro atoms. The third kappa shape index (κ3) is 7.03. The van der Waals surface area contributed by atoms with Crippen molar-refractivity contribution in [3.63, 3.8) is 0 Å². The van der Waals surface area contributed by atoms with Crippen molar-refractivity contribution in [1.29, 1.82) is 0 Å². The topological polar surface area (TPSA) is 73.0 Å². The van der Waals surface area contributed by atoms with Crippen LogP contribution in [0.3, 0.4) is 0 Å². The summed E-state index contributed by atoms with van der Waals surface area (Å²) in [5, 5.41) is 2.85. The van der Waals surface area contributed by atoms with Crippen molar-refractivity contribution in [3.05, 3.63) is 24.3 Å². The van der Waals surface area contributed by atoms with E-state index in [-0.39, 0.29) is 18.9 Å². The van der Waals surface area contributed by atoms with Gasteiger partial charge in [0.25, 0.3) is 0 Å². The maximum absolute atomic E-state index is 12.2. The van der Waals surface area contributed by atoms with E-state index >= 15 is 0 Å². The highest BCUT2D eigenvalue weighted by atomic mass is 32.2. The summed E-state index contributed by atoms with van der Waals surface area (Å²) in [6.45, 7) is 3.73. The lowest BCUT2D eigenvalue weighted by atomic mass is 10.2. The molecule has 8 heteroatoms. The van der Waals surface area contributed by atoms with Crippen molar-refractivity contribution < 1.29 is 13.2 Å². The molecule has 1 aliphatic rings. The fourth-order valence-corrected chi connectivity index (χ4v) is 4.13. The van der Waals surface area contributed by atoms with Crippen molar-refractivity contribution in [3.8, 4) is 0 Å². The standard InChI is InChI=1S/C19H32N4O3S/c1-21(2)13-6-12-20-19(24)11-16-23(27(3,25)26)18-9-7-17(8-10-18)22-14-4-5-15-22/h7-10H,4-6,11-16H2,1-3H3,(H,20,24). The van der Waals surface area contributed by atoms with E-state index in [1.807, 2.05) is 38.4 Å². The lowest BCUT2D eigenvalue weighted by Crippen LogP contribution is -2.35. The normalized spacial score (nSPS) is 14.6. The van der Waals surface area contributed by atoms with Gasteiger partial charge in [0.15, 0.2) is 0 Å². The molecule has 0 atom stereocenters. The predicted molar refractivity (Wildman–Crippen MR) is 111 cm³/mol. The van der Waals surface area contributed by atoms with Gasteiger partial charge in [0, 0.05) is 38.3 Å². The molecular formula is C19H32N4O3S. The van der Waals surface area contributed by atoms with Gasteiger partial charge in [-0.3, -0.25) is 9.10 Å². The lowest BCUT2D eigenvalue weighted by molar-refractivity contribution is -0.120. The van der Waals surface area contributed by atoms with Crippen molar-refractivity contribution in [1.82, 2.24) is 10.2 Å². The largest absolute Gasteiger partial charge is 0.372 e. The van der Waals surface area contributed by atoms with E-state index in [2.05, 4.69) is 15.1 Å². The van der Waals surface area contributed by atoms with Crippen molar-refractivity contribution >= 4 is 27.3 Å². The molecule has 0 aromatic heterocycles. The molecule has 0 saturated carbocycles. The molecule has 0 aliphatic carbocycles. The molecule has 1 aromatic carbocycles. The quantitative estimate of drug-likeness (QED) is 0.607. The smallest absolute Gasteiger partial charge is 0.232 e. The summed E-state index contributed by atoms with van der Waals surface area (Å²) in [7, 11) is 0.525. The van der Waals surface area contributed by atoms with Gasteiger partial charge in [-0.15, -0.1) is 0 Å². The second-order valence-electron chi connectivity index (χ2n) is 7.30. The Hall–Kier alpha value is -1.80. The molecule has 152 valence electrons. The summed E-state index contributed by atoms with van der Waals surface area (Å²) in [5.74, 6) is -0.129. The van der Waals surface area contributed by atoms with Gasteiger partial charge in [0.1, 0.15) is 0 Å². The Bertz CT molecular complexity index is 698. The zero-order valence-corrected chi connectivity index (χ0v) is 17.5. The van der Waals surface area contributed by atoms with Crippen LogP contribution >= 0.6 is 0 Å². The van der Waals surface area contributed by atoms with Crippen LogP contribution in [-0.4, -0.2) is 72.3 Å². The Balaban J connectivity index is 1.92. The molecule has 1 fully saturated rings. The molecule has 1 heterocycles. The zero-order valence-electron chi connectivity index (χ0n) is 16.6. The van der Waals surface area contributed by atoms with Crippen LogP contribution in [0.4, 0.5) is 11.4 Å². The first-order valence-electron chi connectivity index (χ1n) is 9.51. The predicted octanol–water partition coefficient (Wildman–Crippen LogP) is 1.51. The summed E-state index contributed by atoms with van der Waals surface area (Å²) in [6, 6.07) is 7.56. The minimum atomic E-state index is -3.45. The number of nitrogens with one attached hydrogen (secondary N) is 1. The van der Waals surface area contributed by atoms with Gasteiger partial charge >= 0.3 is 0 Å². The first kappa shape index (κ1) is 21.5. The molecule has 0 unspecified atom stereocenters. The molecular weight excluding hydrogens is 364 g/mol. The average Bonchev–Trinajstić information content (AvgIpc) is 3.13. The maximum Gasteiger partial charge on any atom is 0.232 e. The third-order valence-corrected chi connectivity index (χ3v) is 5.85. The monoisotopic (exact) mass is 396 g/mol. The number of sulfonamides is 1. The Morgan fingerprint density at radius 2 is 1.74 bits per heavy atom. The van der Waals surface area contributed by atoms with Crippen LogP contribution in [-0.2, 0) is 14.8 Å². The lowest BCUT2D eigenvalue weighted by Gasteiger charge is -2.24. The molecule has 7 nitrogen and oxygen atoms in total. The average molecular weight is 397 g/mol. The molecule has 0 bridgehead atoms. The van der Waals surface area contributed by atoms with Crippen LogP contribution < -0.4 is 14.5 Å². The number of benzene rings is 1. The highest BCUT2D eigenvalue weighted by Crippen LogP contribution is 2.25. The number of rotatable bonds is 10. The van der Waals surface area contributed by atoms with Gasteiger partial charge in [-0.1, -0.05) is 0 Å². The van der Waals surface area contributed by atoms with E-state index in [1.165, 1.54) is 23.4 Å². The molecule has 27 heavy (non-hydrogen) atoms. The number of anilines is 2. The zero-order chi connectivity index (χ0) is 19.9. The van der Waals surface area contributed by atoms with Crippen LogP contribution in [0.25, 0.3) is 0 Å². The number of carbonyl (C=O) groups excluding carboxylic acids is 1. The third-order valence-electron chi connectivity index (χ3n) is 4.66. The van der Waals surface area contributed by atoms with Crippen molar-refractivity contribution in [2.75, 3.05) is 62.3 Å². The van der Waals surface area contributed by atoms with Crippen LogP contribution in [0.5, 0.6) is 0 Å². The van der Waals surface area contributed by atoms with E-state index in [0.29, 0.717) is 12.2 Å². The number of amides is 1. The van der Waals surface area contributed by atoms with Crippen LogP contribution in [0, 0.1) is 0 Å². The fourth-order valence-electron chi connectivity index (χ4n) is 3.21. The minimum Gasteiger partial charge on any atom is -0.372 e. The van der Waals surface area contributed by atoms with E-state index in [1.54, 1.807) is 0 Å². The van der Waals surface area contributed by atoms with Gasteiger partial charge in [0.2, 0.25) is 15.9 Å². The van der Waals surface area contributed by atoms with E-state index in [4.69, 9.17) is 0 Å².